The zero-order chi connectivity index (χ0) is 14.8. The predicted octanol–water partition coefficient (Wildman–Crippen LogP) is 3.89. The van der Waals surface area contributed by atoms with Crippen LogP contribution in [0.15, 0.2) is 34.3 Å². The number of thiazole rings is 1. The maximum absolute atomic E-state index is 5.37. The Morgan fingerprint density at radius 3 is 2.95 bits per heavy atom. The molecule has 110 valence electrons. The Bertz CT molecular complexity index is 699. The van der Waals surface area contributed by atoms with Gasteiger partial charge in [-0.3, -0.25) is 5.10 Å². The quantitative estimate of drug-likeness (QED) is 0.777. The molecule has 21 heavy (non-hydrogen) atoms. The van der Waals surface area contributed by atoms with Crippen molar-refractivity contribution in [3.8, 4) is 10.8 Å². The van der Waals surface area contributed by atoms with Crippen LogP contribution in [-0.4, -0.2) is 22.2 Å². The number of H-pyrrole nitrogens is 1. The van der Waals surface area contributed by atoms with E-state index in [1.165, 1.54) is 0 Å². The fourth-order valence-corrected chi connectivity index (χ4v) is 2.81. The standard InChI is InChI=1S/C15H18N4OS/c1-10(2)12-7-14(18-17-12)19(3)8-11-9-21-15(16-11)13-5-4-6-20-13/h4-7,9-10H,8H2,1-3H3,(H,17,18). The van der Waals surface area contributed by atoms with Gasteiger partial charge in [-0.1, -0.05) is 13.8 Å². The third kappa shape index (κ3) is 3.00. The summed E-state index contributed by atoms with van der Waals surface area (Å²) in [6.07, 6.45) is 1.67. The summed E-state index contributed by atoms with van der Waals surface area (Å²) < 4.78 is 5.37. The van der Waals surface area contributed by atoms with Crippen molar-refractivity contribution in [3.05, 3.63) is 41.2 Å². The van der Waals surface area contributed by atoms with E-state index in [-0.39, 0.29) is 0 Å². The van der Waals surface area contributed by atoms with Gasteiger partial charge in [-0.2, -0.15) is 5.10 Å². The molecule has 0 aliphatic carbocycles. The summed E-state index contributed by atoms with van der Waals surface area (Å²) in [6.45, 7) is 5.01. The fourth-order valence-electron chi connectivity index (χ4n) is 2.03. The summed E-state index contributed by atoms with van der Waals surface area (Å²) in [7, 11) is 2.02. The van der Waals surface area contributed by atoms with Gasteiger partial charge in [0.1, 0.15) is 0 Å². The Balaban J connectivity index is 1.71. The molecule has 0 aliphatic heterocycles. The van der Waals surface area contributed by atoms with Crippen molar-refractivity contribution in [2.75, 3.05) is 11.9 Å². The molecule has 0 aromatic carbocycles. The lowest BCUT2D eigenvalue weighted by Gasteiger charge is -2.13. The third-order valence-electron chi connectivity index (χ3n) is 3.28. The molecule has 0 radical (unpaired) electrons. The van der Waals surface area contributed by atoms with Crippen LogP contribution in [-0.2, 0) is 6.54 Å². The highest BCUT2D eigenvalue weighted by atomic mass is 32.1. The highest BCUT2D eigenvalue weighted by Gasteiger charge is 2.12. The van der Waals surface area contributed by atoms with E-state index < -0.39 is 0 Å². The van der Waals surface area contributed by atoms with E-state index in [0.717, 1.165) is 34.5 Å². The Hall–Kier alpha value is -2.08. The number of hydrogen-bond acceptors (Lipinski definition) is 5. The van der Waals surface area contributed by atoms with Crippen molar-refractivity contribution in [3.63, 3.8) is 0 Å². The molecule has 0 aliphatic rings. The highest BCUT2D eigenvalue weighted by molar-refractivity contribution is 7.13. The van der Waals surface area contributed by atoms with Crippen LogP contribution in [0, 0.1) is 0 Å². The summed E-state index contributed by atoms with van der Waals surface area (Å²) in [4.78, 5) is 6.69. The first-order valence-corrected chi connectivity index (χ1v) is 7.76. The molecular formula is C15H18N4OS. The van der Waals surface area contributed by atoms with Crippen LogP contribution in [0.1, 0.15) is 31.2 Å². The lowest BCUT2D eigenvalue weighted by molar-refractivity contribution is 0.581. The molecule has 3 aromatic rings. The minimum atomic E-state index is 0.449. The summed E-state index contributed by atoms with van der Waals surface area (Å²) in [5, 5.41) is 10.4. The molecule has 0 atom stereocenters. The van der Waals surface area contributed by atoms with E-state index in [1.807, 2.05) is 19.2 Å². The number of nitrogens with zero attached hydrogens (tertiary/aromatic N) is 3. The van der Waals surface area contributed by atoms with E-state index in [0.29, 0.717) is 5.92 Å². The second-order valence-electron chi connectivity index (χ2n) is 5.31. The topological polar surface area (TPSA) is 58.0 Å². The smallest absolute Gasteiger partial charge is 0.162 e. The SMILES string of the molecule is CC(C)c1cc(N(C)Cc2csc(-c3ccco3)n2)n[nH]1. The lowest BCUT2D eigenvalue weighted by Crippen LogP contribution is -2.16. The number of rotatable bonds is 5. The van der Waals surface area contributed by atoms with E-state index in [4.69, 9.17) is 4.42 Å². The minimum absolute atomic E-state index is 0.449. The van der Waals surface area contributed by atoms with Crippen LogP contribution in [0.3, 0.4) is 0 Å². The Morgan fingerprint density at radius 2 is 2.29 bits per heavy atom. The van der Waals surface area contributed by atoms with E-state index in [9.17, 15) is 0 Å². The number of anilines is 1. The Kier molecular flexibility index (Phi) is 3.79. The van der Waals surface area contributed by atoms with Crippen molar-refractivity contribution < 1.29 is 4.42 Å². The lowest BCUT2D eigenvalue weighted by atomic mass is 10.1. The summed E-state index contributed by atoms with van der Waals surface area (Å²) >= 11 is 1.59. The molecule has 0 unspecified atom stereocenters. The fraction of sp³-hybridized carbons (Fsp3) is 0.333. The molecule has 3 aromatic heterocycles. The van der Waals surface area contributed by atoms with Crippen LogP contribution in [0.5, 0.6) is 0 Å². The summed E-state index contributed by atoms with van der Waals surface area (Å²) in [6, 6.07) is 5.89. The van der Waals surface area contributed by atoms with Gasteiger partial charge in [0.2, 0.25) is 0 Å². The van der Waals surface area contributed by atoms with Gasteiger partial charge in [-0.15, -0.1) is 11.3 Å². The number of aromatic amines is 1. The van der Waals surface area contributed by atoms with Gasteiger partial charge in [0.05, 0.1) is 18.5 Å². The minimum Gasteiger partial charge on any atom is -0.462 e. The maximum atomic E-state index is 5.37. The summed E-state index contributed by atoms with van der Waals surface area (Å²) in [5.74, 6) is 2.20. The normalized spacial score (nSPS) is 11.2. The molecule has 5 nitrogen and oxygen atoms in total. The van der Waals surface area contributed by atoms with E-state index in [1.54, 1.807) is 17.6 Å². The molecule has 6 heteroatoms. The van der Waals surface area contributed by atoms with Gasteiger partial charge in [-0.25, -0.2) is 4.98 Å². The van der Waals surface area contributed by atoms with Crippen molar-refractivity contribution in [2.24, 2.45) is 0 Å². The first kappa shape index (κ1) is 13.9. The predicted molar refractivity (Wildman–Crippen MR) is 84.6 cm³/mol. The van der Waals surface area contributed by atoms with Gasteiger partial charge in [0.15, 0.2) is 16.6 Å². The molecule has 0 fully saturated rings. The second kappa shape index (κ2) is 5.73. The first-order chi connectivity index (χ1) is 10.1. The number of nitrogens with one attached hydrogen (secondary N) is 1. The molecule has 0 amide bonds. The number of furan rings is 1. The molecular weight excluding hydrogens is 284 g/mol. The van der Waals surface area contributed by atoms with Crippen LogP contribution in [0.4, 0.5) is 5.82 Å². The van der Waals surface area contributed by atoms with Crippen LogP contribution in [0.2, 0.25) is 0 Å². The Morgan fingerprint density at radius 1 is 1.43 bits per heavy atom. The van der Waals surface area contributed by atoms with Crippen LogP contribution < -0.4 is 4.90 Å². The van der Waals surface area contributed by atoms with Gasteiger partial charge in [0.25, 0.3) is 0 Å². The number of hydrogen-bond donors (Lipinski definition) is 1. The van der Waals surface area contributed by atoms with Gasteiger partial charge in [-0.05, 0) is 18.1 Å². The molecule has 1 N–H and O–H groups in total. The van der Waals surface area contributed by atoms with Crippen LogP contribution >= 0.6 is 11.3 Å². The second-order valence-corrected chi connectivity index (χ2v) is 6.17. The molecule has 0 bridgehead atoms. The first-order valence-electron chi connectivity index (χ1n) is 6.88. The number of aromatic nitrogens is 3. The third-order valence-corrected chi connectivity index (χ3v) is 4.19. The zero-order valence-electron chi connectivity index (χ0n) is 12.3. The van der Waals surface area contributed by atoms with E-state index in [2.05, 4.69) is 45.4 Å². The maximum Gasteiger partial charge on any atom is 0.162 e. The average molecular weight is 302 g/mol. The molecule has 0 saturated heterocycles. The average Bonchev–Trinajstić information content (AvgIpc) is 3.19. The van der Waals surface area contributed by atoms with Crippen molar-refractivity contribution in [2.45, 2.75) is 26.3 Å². The van der Waals surface area contributed by atoms with E-state index >= 15 is 0 Å². The van der Waals surface area contributed by atoms with Gasteiger partial charge < -0.3 is 9.32 Å². The monoisotopic (exact) mass is 302 g/mol. The zero-order valence-corrected chi connectivity index (χ0v) is 13.1. The van der Waals surface area contributed by atoms with Crippen molar-refractivity contribution >= 4 is 17.2 Å². The van der Waals surface area contributed by atoms with Crippen molar-refractivity contribution in [1.29, 1.82) is 0 Å². The van der Waals surface area contributed by atoms with Gasteiger partial charge in [0, 0.05) is 24.2 Å². The molecule has 0 saturated carbocycles. The highest BCUT2D eigenvalue weighted by Crippen LogP contribution is 2.25. The summed E-state index contributed by atoms with van der Waals surface area (Å²) in [5.41, 5.74) is 2.16. The largest absolute Gasteiger partial charge is 0.462 e. The molecule has 3 heterocycles. The molecule has 3 rings (SSSR count). The van der Waals surface area contributed by atoms with Crippen LogP contribution in [0.25, 0.3) is 10.8 Å². The van der Waals surface area contributed by atoms with Crippen molar-refractivity contribution in [1.82, 2.24) is 15.2 Å². The Labute approximate surface area is 127 Å². The molecule has 0 spiro atoms. The van der Waals surface area contributed by atoms with Gasteiger partial charge >= 0.3 is 0 Å².